The van der Waals surface area contributed by atoms with E-state index in [0.717, 1.165) is 19.3 Å². The van der Waals surface area contributed by atoms with Crippen molar-refractivity contribution < 1.29 is 14.9 Å². The Morgan fingerprint density at radius 3 is 2.21 bits per heavy atom. The molecule has 2 saturated carbocycles. The Labute approximate surface area is 85.1 Å². The van der Waals surface area contributed by atoms with Crippen LogP contribution in [0, 0.1) is 5.92 Å². The van der Waals surface area contributed by atoms with Gasteiger partial charge in [-0.3, -0.25) is 0 Å². The van der Waals surface area contributed by atoms with Gasteiger partial charge < -0.3 is 14.9 Å². The van der Waals surface area contributed by atoms with Crippen LogP contribution < -0.4 is 0 Å². The van der Waals surface area contributed by atoms with E-state index in [1.165, 1.54) is 0 Å². The van der Waals surface area contributed by atoms with Crippen molar-refractivity contribution in [1.82, 2.24) is 0 Å². The van der Waals surface area contributed by atoms with Gasteiger partial charge in [0.15, 0.2) is 0 Å². The van der Waals surface area contributed by atoms with Crippen LogP contribution in [0.5, 0.6) is 0 Å². The summed E-state index contributed by atoms with van der Waals surface area (Å²) in [6.07, 6.45) is 3.65. The van der Waals surface area contributed by atoms with Crippen molar-refractivity contribution in [2.45, 2.75) is 56.8 Å². The quantitative estimate of drug-likeness (QED) is 0.701. The van der Waals surface area contributed by atoms with Gasteiger partial charge in [-0.05, 0) is 32.1 Å². The van der Waals surface area contributed by atoms with Crippen molar-refractivity contribution in [2.24, 2.45) is 5.92 Å². The summed E-state index contributed by atoms with van der Waals surface area (Å²) >= 11 is 0. The van der Waals surface area contributed by atoms with Crippen LogP contribution in [-0.2, 0) is 4.74 Å². The van der Waals surface area contributed by atoms with E-state index in [4.69, 9.17) is 4.74 Å². The average molecular weight is 200 g/mol. The summed E-state index contributed by atoms with van der Waals surface area (Å²) < 4.78 is 5.76. The van der Waals surface area contributed by atoms with Crippen LogP contribution in [0.4, 0.5) is 0 Å². The van der Waals surface area contributed by atoms with Crippen LogP contribution in [0.3, 0.4) is 0 Å². The minimum absolute atomic E-state index is 0.227. The highest BCUT2D eigenvalue weighted by atomic mass is 16.5. The second-order valence-corrected chi connectivity index (χ2v) is 4.87. The van der Waals surface area contributed by atoms with Crippen LogP contribution in [0.15, 0.2) is 0 Å². The lowest BCUT2D eigenvalue weighted by Gasteiger charge is -2.48. The molecule has 2 atom stereocenters. The Bertz CT molecular complexity index is 185. The summed E-state index contributed by atoms with van der Waals surface area (Å²) in [4.78, 5) is 0. The molecule has 0 spiro atoms. The molecule has 14 heavy (non-hydrogen) atoms. The second-order valence-electron chi connectivity index (χ2n) is 4.87. The minimum Gasteiger partial charge on any atom is -0.393 e. The Kier molecular flexibility index (Phi) is 2.82. The molecule has 0 saturated heterocycles. The first-order valence-electron chi connectivity index (χ1n) is 5.63. The van der Waals surface area contributed by atoms with Crippen LogP contribution >= 0.6 is 0 Å². The lowest BCUT2D eigenvalue weighted by molar-refractivity contribution is -0.155. The first kappa shape index (κ1) is 10.4. The summed E-state index contributed by atoms with van der Waals surface area (Å²) in [6, 6.07) is 0. The Morgan fingerprint density at radius 2 is 1.71 bits per heavy atom. The summed E-state index contributed by atoms with van der Waals surface area (Å²) in [7, 11) is 0. The molecule has 0 aromatic rings. The van der Waals surface area contributed by atoms with Gasteiger partial charge in [-0.25, -0.2) is 0 Å². The third kappa shape index (κ3) is 1.95. The number of rotatable bonds is 2. The first-order valence-corrected chi connectivity index (χ1v) is 5.63. The molecule has 0 aromatic heterocycles. The molecule has 2 aliphatic rings. The maximum Gasteiger partial charge on any atom is 0.0734 e. The van der Waals surface area contributed by atoms with E-state index < -0.39 is 0 Å². The van der Waals surface area contributed by atoms with Gasteiger partial charge in [0.25, 0.3) is 0 Å². The number of aliphatic hydroxyl groups is 2. The van der Waals surface area contributed by atoms with Crippen molar-refractivity contribution in [1.29, 1.82) is 0 Å². The van der Waals surface area contributed by atoms with E-state index in [1.54, 1.807) is 0 Å². The second kappa shape index (κ2) is 3.80. The fourth-order valence-corrected chi connectivity index (χ4v) is 3.32. The molecule has 0 aliphatic heterocycles. The number of hydrogen-bond acceptors (Lipinski definition) is 3. The number of fused-ring (bicyclic) bond motifs is 2. The normalized spacial score (nSPS) is 47.8. The molecule has 3 nitrogen and oxygen atoms in total. The summed E-state index contributed by atoms with van der Waals surface area (Å²) in [5.41, 5.74) is -0.227. The zero-order chi connectivity index (χ0) is 10.2. The molecule has 2 N–H and O–H groups in total. The number of ether oxygens (including phenoxy) is 1. The molecule has 0 aromatic carbocycles. The van der Waals surface area contributed by atoms with E-state index in [-0.39, 0.29) is 17.8 Å². The predicted molar refractivity (Wildman–Crippen MR) is 52.9 cm³/mol. The Hall–Kier alpha value is -0.120. The lowest BCUT2D eigenvalue weighted by atomic mass is 9.67. The number of hydrogen-bond donors (Lipinski definition) is 2. The zero-order valence-electron chi connectivity index (χ0n) is 8.78. The minimum atomic E-state index is -0.229. The maximum absolute atomic E-state index is 9.73. The third-order valence-electron chi connectivity index (χ3n) is 3.54. The molecule has 0 heterocycles. The highest BCUT2D eigenvalue weighted by molar-refractivity contribution is 4.98. The largest absolute Gasteiger partial charge is 0.393 e. The van der Waals surface area contributed by atoms with Gasteiger partial charge in [-0.15, -0.1) is 0 Å². The predicted octanol–water partition coefficient (Wildman–Crippen LogP) is 1.08. The first-order chi connectivity index (χ1) is 6.63. The van der Waals surface area contributed by atoms with Gasteiger partial charge in [0.1, 0.15) is 0 Å². The molecule has 2 aliphatic carbocycles. The van der Waals surface area contributed by atoms with E-state index in [9.17, 15) is 10.2 Å². The smallest absolute Gasteiger partial charge is 0.0734 e. The molecule has 3 heteroatoms. The molecule has 2 bridgehead atoms. The topological polar surface area (TPSA) is 49.7 Å². The van der Waals surface area contributed by atoms with Gasteiger partial charge >= 0.3 is 0 Å². The highest BCUT2D eigenvalue weighted by Gasteiger charge is 2.46. The van der Waals surface area contributed by atoms with Crippen molar-refractivity contribution in [3.05, 3.63) is 0 Å². The molecule has 82 valence electrons. The van der Waals surface area contributed by atoms with Crippen molar-refractivity contribution in [2.75, 3.05) is 6.61 Å². The highest BCUT2D eigenvalue weighted by Crippen LogP contribution is 2.45. The van der Waals surface area contributed by atoms with Gasteiger partial charge in [0.05, 0.1) is 17.8 Å². The van der Waals surface area contributed by atoms with Gasteiger partial charge in [-0.2, -0.15) is 0 Å². The molecule has 0 radical (unpaired) electrons. The molecule has 0 amide bonds. The standard InChI is InChI=1S/C11H20O3/c1-2-14-11-5-8(3-9(12)6-11)4-10(13)7-11/h8-10,12-13H,2-7H2,1H3. The molecule has 2 unspecified atom stereocenters. The average Bonchev–Trinajstić information content (AvgIpc) is 1.99. The van der Waals surface area contributed by atoms with Gasteiger partial charge in [-0.1, -0.05) is 0 Å². The van der Waals surface area contributed by atoms with Gasteiger partial charge in [0, 0.05) is 19.4 Å². The molecule has 2 rings (SSSR count). The monoisotopic (exact) mass is 200 g/mol. The fourth-order valence-electron chi connectivity index (χ4n) is 3.32. The SMILES string of the molecule is CCOC12CC(O)CC(CC(O)C1)C2. The van der Waals surface area contributed by atoms with E-state index >= 15 is 0 Å². The Morgan fingerprint density at radius 1 is 1.14 bits per heavy atom. The summed E-state index contributed by atoms with van der Waals surface area (Å²) in [5.74, 6) is 0.453. The van der Waals surface area contributed by atoms with Crippen LogP contribution in [0.2, 0.25) is 0 Å². The zero-order valence-corrected chi connectivity index (χ0v) is 8.78. The molecular weight excluding hydrogens is 180 g/mol. The molecular formula is C11H20O3. The van der Waals surface area contributed by atoms with E-state index in [0.29, 0.717) is 25.4 Å². The van der Waals surface area contributed by atoms with E-state index in [2.05, 4.69) is 0 Å². The van der Waals surface area contributed by atoms with Crippen molar-refractivity contribution in [3.63, 3.8) is 0 Å². The van der Waals surface area contributed by atoms with Crippen molar-refractivity contribution in [3.8, 4) is 0 Å². The molecule has 2 fully saturated rings. The summed E-state index contributed by atoms with van der Waals surface area (Å²) in [5, 5.41) is 19.5. The maximum atomic E-state index is 9.73. The van der Waals surface area contributed by atoms with Crippen LogP contribution in [0.25, 0.3) is 0 Å². The third-order valence-corrected chi connectivity index (χ3v) is 3.54. The fraction of sp³-hybridized carbons (Fsp3) is 1.00. The number of aliphatic hydroxyl groups excluding tert-OH is 2. The van der Waals surface area contributed by atoms with Crippen molar-refractivity contribution >= 4 is 0 Å². The Balaban J connectivity index is 2.10. The van der Waals surface area contributed by atoms with E-state index in [1.807, 2.05) is 6.92 Å². The van der Waals surface area contributed by atoms with Gasteiger partial charge in [0.2, 0.25) is 0 Å². The van der Waals surface area contributed by atoms with Crippen LogP contribution in [-0.4, -0.2) is 34.6 Å². The van der Waals surface area contributed by atoms with Crippen LogP contribution in [0.1, 0.15) is 39.0 Å². The summed E-state index contributed by atoms with van der Waals surface area (Å²) in [6.45, 7) is 2.65. The lowest BCUT2D eigenvalue weighted by Crippen LogP contribution is -2.50.